The van der Waals surface area contributed by atoms with Gasteiger partial charge in [-0.2, -0.15) is 0 Å². The fourth-order valence-electron chi connectivity index (χ4n) is 13.5. The molecule has 4 nitrogen and oxygen atoms in total. The zero-order valence-electron chi connectivity index (χ0n) is 44.4. The van der Waals surface area contributed by atoms with E-state index in [2.05, 4.69) is 308 Å². The lowest BCUT2D eigenvalue weighted by atomic mass is 9.33. The van der Waals surface area contributed by atoms with Crippen LogP contribution in [0.1, 0.15) is 25.0 Å². The highest BCUT2D eigenvalue weighted by atomic mass is 16.3. The summed E-state index contributed by atoms with van der Waals surface area (Å²) in [6, 6.07) is 103. The van der Waals surface area contributed by atoms with E-state index in [-0.39, 0.29) is 12.1 Å². The van der Waals surface area contributed by atoms with Gasteiger partial charge in [0.15, 0.2) is 0 Å². The Morgan fingerprint density at radius 2 is 0.875 bits per heavy atom. The van der Waals surface area contributed by atoms with Crippen LogP contribution in [-0.4, -0.2) is 6.71 Å². The zero-order valence-corrected chi connectivity index (χ0v) is 44.4. The zero-order chi connectivity index (χ0) is 53.1. The largest absolute Gasteiger partial charge is 0.456 e. The quantitative estimate of drug-likeness (QED) is 0.142. The van der Waals surface area contributed by atoms with Crippen molar-refractivity contribution in [3.05, 3.63) is 290 Å². The number of rotatable bonds is 8. The molecule has 3 heterocycles. The highest BCUT2D eigenvalue weighted by Crippen LogP contribution is 2.52. The van der Waals surface area contributed by atoms with E-state index in [4.69, 9.17) is 4.42 Å². The molecule has 0 amide bonds. The standard InChI is InChI=1S/C75H52BN3O/c1-75(2)64-31-14-12-29-60(64)61-39-36-57(46-65(61)75)78-68-42-35-54(51-23-10-5-11-24-51)45-67(68)76-66-41-38-58(47-71(66)79(70-33-18-32-69(78)74(70)76)59-37-40-63-62-30-13-15-34-72(62)80-73(63)48-59)77(55-27-16-25-52(43-55)49-19-6-3-7-20-49)56-28-17-26-53(44-56)50-21-8-4-9-22-50/h3-48H,1-2H3. The van der Waals surface area contributed by atoms with E-state index >= 15 is 0 Å². The molecule has 3 aliphatic rings. The Morgan fingerprint density at radius 3 is 1.57 bits per heavy atom. The Labute approximate surface area is 466 Å². The van der Waals surface area contributed by atoms with Crippen LogP contribution >= 0.6 is 0 Å². The van der Waals surface area contributed by atoms with Crippen molar-refractivity contribution in [3.8, 4) is 44.5 Å². The Kier molecular flexibility index (Phi) is 10.4. The van der Waals surface area contributed by atoms with E-state index in [1.54, 1.807) is 0 Å². The monoisotopic (exact) mass is 1020 g/mol. The molecule has 0 N–H and O–H groups in total. The maximum atomic E-state index is 6.72. The lowest BCUT2D eigenvalue weighted by Gasteiger charge is -2.44. The Morgan fingerprint density at radius 1 is 0.338 bits per heavy atom. The summed E-state index contributed by atoms with van der Waals surface area (Å²) in [7, 11) is 0. The summed E-state index contributed by atoms with van der Waals surface area (Å²) >= 11 is 0. The van der Waals surface area contributed by atoms with Crippen LogP contribution in [0.25, 0.3) is 66.4 Å². The molecule has 13 aromatic rings. The van der Waals surface area contributed by atoms with Crippen molar-refractivity contribution < 1.29 is 4.42 Å². The van der Waals surface area contributed by atoms with Crippen LogP contribution in [0.4, 0.5) is 51.2 Å². The highest BCUT2D eigenvalue weighted by molar-refractivity contribution is 7.00. The Hall–Kier alpha value is -10.1. The molecule has 1 aliphatic carbocycles. The summed E-state index contributed by atoms with van der Waals surface area (Å²) in [4.78, 5) is 7.48. The molecule has 0 bridgehead atoms. The van der Waals surface area contributed by atoms with Crippen molar-refractivity contribution in [3.63, 3.8) is 0 Å². The summed E-state index contributed by atoms with van der Waals surface area (Å²) in [6.07, 6.45) is 0. The number of hydrogen-bond donors (Lipinski definition) is 0. The van der Waals surface area contributed by atoms with E-state index in [0.29, 0.717) is 0 Å². The highest BCUT2D eigenvalue weighted by Gasteiger charge is 2.44. The van der Waals surface area contributed by atoms with Crippen molar-refractivity contribution in [1.82, 2.24) is 0 Å². The van der Waals surface area contributed by atoms with Gasteiger partial charge in [-0.05, 0) is 157 Å². The van der Waals surface area contributed by atoms with Crippen molar-refractivity contribution in [1.29, 1.82) is 0 Å². The van der Waals surface area contributed by atoms with E-state index in [1.807, 2.05) is 0 Å². The van der Waals surface area contributed by atoms with Crippen LogP contribution in [0.15, 0.2) is 283 Å². The third-order valence-electron chi connectivity index (χ3n) is 17.2. The number of anilines is 9. The molecule has 0 spiro atoms. The molecule has 0 saturated heterocycles. The van der Waals surface area contributed by atoms with Gasteiger partial charge >= 0.3 is 0 Å². The van der Waals surface area contributed by atoms with Gasteiger partial charge in [-0.3, -0.25) is 0 Å². The SMILES string of the molecule is CC1(C)c2ccccc2-c2ccc(N3c4ccc(-c5ccccc5)cc4B4c5ccc(N(c6cccc(-c7ccccc7)c6)c6cccc(-c7ccccc7)c6)cc5N(c5ccc6c(c5)oc5ccccc56)c5cccc3c54)cc21. The molecule has 376 valence electrons. The number of nitrogens with zero attached hydrogens (tertiary/aromatic N) is 3. The lowest BCUT2D eigenvalue weighted by Crippen LogP contribution is -2.61. The average Bonchev–Trinajstić information content (AvgIpc) is 4.15. The molecule has 0 radical (unpaired) electrons. The van der Waals surface area contributed by atoms with Crippen LogP contribution < -0.4 is 31.1 Å². The van der Waals surface area contributed by atoms with Crippen LogP contribution in [0, 0.1) is 0 Å². The molecule has 0 saturated carbocycles. The summed E-state index contributed by atoms with van der Waals surface area (Å²) < 4.78 is 6.72. The molecule has 5 heteroatoms. The summed E-state index contributed by atoms with van der Waals surface area (Å²) in [6.45, 7) is 4.64. The summed E-state index contributed by atoms with van der Waals surface area (Å²) in [5.74, 6) is 0. The summed E-state index contributed by atoms with van der Waals surface area (Å²) in [5, 5.41) is 2.21. The van der Waals surface area contributed by atoms with Crippen molar-refractivity contribution >= 4 is 96.2 Å². The summed E-state index contributed by atoms with van der Waals surface area (Å²) in [5.41, 5.74) is 27.6. The molecule has 1 aromatic heterocycles. The number of benzene rings is 12. The van der Waals surface area contributed by atoms with Crippen molar-refractivity contribution in [2.24, 2.45) is 0 Å². The van der Waals surface area contributed by atoms with Gasteiger partial charge in [0.05, 0.1) is 0 Å². The minimum atomic E-state index is -0.168. The van der Waals surface area contributed by atoms with Gasteiger partial charge in [-0.25, -0.2) is 0 Å². The molecule has 12 aromatic carbocycles. The first-order chi connectivity index (χ1) is 39.4. The molecule has 16 rings (SSSR count). The van der Waals surface area contributed by atoms with Crippen molar-refractivity contribution in [2.75, 3.05) is 14.7 Å². The first kappa shape index (κ1) is 46.0. The number of furan rings is 1. The number of hydrogen-bond acceptors (Lipinski definition) is 4. The molecular weight excluding hydrogens is 970 g/mol. The molecule has 0 unspecified atom stereocenters. The minimum Gasteiger partial charge on any atom is -0.456 e. The third kappa shape index (κ3) is 7.17. The molecule has 2 aliphatic heterocycles. The van der Waals surface area contributed by atoms with Gasteiger partial charge < -0.3 is 19.1 Å². The van der Waals surface area contributed by atoms with Crippen LogP contribution in [0.2, 0.25) is 0 Å². The van der Waals surface area contributed by atoms with E-state index in [1.165, 1.54) is 72.3 Å². The van der Waals surface area contributed by atoms with Gasteiger partial charge in [0.1, 0.15) is 11.2 Å². The smallest absolute Gasteiger partial charge is 0.252 e. The first-order valence-electron chi connectivity index (χ1n) is 27.8. The van der Waals surface area contributed by atoms with E-state index in [9.17, 15) is 0 Å². The Balaban J connectivity index is 0.950. The second-order valence-electron chi connectivity index (χ2n) is 22.0. The van der Waals surface area contributed by atoms with Crippen LogP contribution in [-0.2, 0) is 5.41 Å². The third-order valence-corrected chi connectivity index (χ3v) is 17.2. The molecule has 80 heavy (non-hydrogen) atoms. The molecule has 0 atom stereocenters. The normalized spacial score (nSPS) is 13.4. The second kappa shape index (κ2) is 18.0. The van der Waals surface area contributed by atoms with Gasteiger partial charge in [0.2, 0.25) is 0 Å². The first-order valence-corrected chi connectivity index (χ1v) is 27.8. The molecular formula is C75H52BN3O. The fourth-order valence-corrected chi connectivity index (χ4v) is 13.5. The van der Waals surface area contributed by atoms with E-state index < -0.39 is 0 Å². The van der Waals surface area contributed by atoms with Crippen LogP contribution in [0.5, 0.6) is 0 Å². The van der Waals surface area contributed by atoms with Crippen molar-refractivity contribution in [2.45, 2.75) is 19.3 Å². The van der Waals surface area contributed by atoms with Gasteiger partial charge in [-0.1, -0.05) is 202 Å². The lowest BCUT2D eigenvalue weighted by molar-refractivity contribution is 0.660. The average molecular weight is 1020 g/mol. The maximum Gasteiger partial charge on any atom is 0.252 e. The molecule has 0 fully saturated rings. The number of fused-ring (bicyclic) bond motifs is 10. The van der Waals surface area contributed by atoms with Gasteiger partial charge in [0, 0.05) is 73.4 Å². The predicted molar refractivity (Wildman–Crippen MR) is 336 cm³/mol. The fraction of sp³-hybridized carbons (Fsp3) is 0.0400. The van der Waals surface area contributed by atoms with E-state index in [0.717, 1.165) is 72.9 Å². The topological polar surface area (TPSA) is 22.9 Å². The Bertz CT molecular complexity index is 4520. The second-order valence-corrected chi connectivity index (χ2v) is 22.0. The predicted octanol–water partition coefficient (Wildman–Crippen LogP) is 18.4. The minimum absolute atomic E-state index is 0.113. The van der Waals surface area contributed by atoms with Crippen LogP contribution in [0.3, 0.4) is 0 Å². The van der Waals surface area contributed by atoms with Gasteiger partial charge in [-0.15, -0.1) is 0 Å². The van der Waals surface area contributed by atoms with Gasteiger partial charge in [0.25, 0.3) is 6.71 Å². The number of para-hydroxylation sites is 1. The maximum absolute atomic E-state index is 6.72.